The van der Waals surface area contributed by atoms with Crippen molar-refractivity contribution in [1.29, 1.82) is 0 Å². The van der Waals surface area contributed by atoms with Crippen molar-refractivity contribution in [3.8, 4) is 0 Å². The zero-order valence-electron chi connectivity index (χ0n) is 12.3. The number of carbonyl (C=O) groups excluding carboxylic acids is 2. The fourth-order valence-corrected chi connectivity index (χ4v) is 1.98. The summed E-state index contributed by atoms with van der Waals surface area (Å²) < 4.78 is 5.08. The zero-order valence-corrected chi connectivity index (χ0v) is 12.3. The molecule has 0 bridgehead atoms. The number of rotatable bonds is 5. The molecule has 0 radical (unpaired) electrons. The minimum Gasteiger partial charge on any atom is -0.355 e. The van der Waals surface area contributed by atoms with Crippen molar-refractivity contribution in [1.82, 2.24) is 20.8 Å². The van der Waals surface area contributed by atoms with Gasteiger partial charge < -0.3 is 15.2 Å². The quantitative estimate of drug-likeness (QED) is 0.859. The molecule has 2 heterocycles. The summed E-state index contributed by atoms with van der Waals surface area (Å²) >= 11 is 0. The van der Waals surface area contributed by atoms with Crippen LogP contribution >= 0.6 is 0 Å². The third-order valence-corrected chi connectivity index (χ3v) is 2.97. The first-order valence-electron chi connectivity index (χ1n) is 6.81. The van der Waals surface area contributed by atoms with Gasteiger partial charge in [0.2, 0.25) is 5.91 Å². The monoisotopic (exact) mass is 290 g/mol. The van der Waals surface area contributed by atoms with Crippen LogP contribution in [0, 0.1) is 13.8 Å². The van der Waals surface area contributed by atoms with Crippen molar-refractivity contribution < 1.29 is 14.1 Å². The smallest absolute Gasteiger partial charge is 0.258 e. The third kappa shape index (κ3) is 3.36. The first kappa shape index (κ1) is 15.0. The van der Waals surface area contributed by atoms with Crippen molar-refractivity contribution in [3.05, 3.63) is 23.0 Å². The summed E-state index contributed by atoms with van der Waals surface area (Å²) in [4.78, 5) is 28.0. The molecule has 2 aromatic heterocycles. The van der Waals surface area contributed by atoms with Gasteiger partial charge in [0.15, 0.2) is 0 Å². The molecule has 7 nitrogen and oxygen atoms in total. The lowest BCUT2D eigenvalue weighted by atomic mass is 10.1. The molecule has 0 saturated heterocycles. The molecule has 0 atom stereocenters. The molecule has 0 fully saturated rings. The van der Waals surface area contributed by atoms with Crippen LogP contribution in [0.3, 0.4) is 0 Å². The predicted octanol–water partition coefficient (Wildman–Crippen LogP) is 1.10. The molecule has 21 heavy (non-hydrogen) atoms. The Bertz CT molecular complexity index is 678. The van der Waals surface area contributed by atoms with E-state index in [2.05, 4.69) is 20.8 Å². The standard InChI is InChI=1S/C14H18N4O3/c1-4-5-15-11(19)7-16-13(20)10-6-8(2)17-14-12(10)9(3)18-21-14/h6H,4-5,7H2,1-3H3,(H,15,19)(H,16,20). The summed E-state index contributed by atoms with van der Waals surface area (Å²) in [6, 6.07) is 1.66. The highest BCUT2D eigenvalue weighted by molar-refractivity contribution is 6.06. The van der Waals surface area contributed by atoms with Gasteiger partial charge in [-0.15, -0.1) is 0 Å². The van der Waals surface area contributed by atoms with Crippen molar-refractivity contribution in [2.24, 2.45) is 0 Å². The maximum absolute atomic E-state index is 12.3. The molecule has 0 saturated carbocycles. The fraction of sp³-hybridized carbons (Fsp3) is 0.429. The Morgan fingerprint density at radius 3 is 2.76 bits per heavy atom. The number of carbonyl (C=O) groups is 2. The first-order valence-corrected chi connectivity index (χ1v) is 6.81. The molecule has 2 rings (SSSR count). The van der Waals surface area contributed by atoms with Gasteiger partial charge in [0.05, 0.1) is 23.2 Å². The average Bonchev–Trinajstić information content (AvgIpc) is 2.82. The Balaban J connectivity index is 2.16. The van der Waals surface area contributed by atoms with Crippen molar-refractivity contribution in [2.45, 2.75) is 27.2 Å². The highest BCUT2D eigenvalue weighted by Crippen LogP contribution is 2.21. The summed E-state index contributed by atoms with van der Waals surface area (Å²) in [5.74, 6) is -0.558. The molecule has 2 aromatic rings. The van der Waals surface area contributed by atoms with Crippen LogP contribution in [0.2, 0.25) is 0 Å². The van der Waals surface area contributed by atoms with E-state index in [9.17, 15) is 9.59 Å². The first-order chi connectivity index (χ1) is 10.0. The molecular weight excluding hydrogens is 272 g/mol. The topological polar surface area (TPSA) is 97.1 Å². The van der Waals surface area contributed by atoms with Gasteiger partial charge in [-0.25, -0.2) is 4.98 Å². The molecule has 0 spiro atoms. The Labute approximate surface area is 122 Å². The van der Waals surface area contributed by atoms with E-state index in [1.165, 1.54) is 0 Å². The summed E-state index contributed by atoms with van der Waals surface area (Å²) in [5, 5.41) is 9.69. The number of nitrogens with zero attached hydrogens (tertiary/aromatic N) is 2. The summed E-state index contributed by atoms with van der Waals surface area (Å²) in [7, 11) is 0. The van der Waals surface area contributed by atoms with Crippen molar-refractivity contribution in [2.75, 3.05) is 13.1 Å². The van der Waals surface area contributed by atoms with Gasteiger partial charge in [0, 0.05) is 12.2 Å². The lowest BCUT2D eigenvalue weighted by Gasteiger charge is -2.07. The molecule has 7 heteroatoms. The number of aryl methyl sites for hydroxylation is 2. The van der Waals surface area contributed by atoms with Crippen LogP contribution in [0.4, 0.5) is 0 Å². The molecule has 112 valence electrons. The Hall–Kier alpha value is -2.44. The highest BCUT2D eigenvalue weighted by atomic mass is 16.5. The molecule has 0 aliphatic rings. The number of hydrogen-bond acceptors (Lipinski definition) is 5. The van der Waals surface area contributed by atoms with Gasteiger partial charge >= 0.3 is 0 Å². The second-order valence-electron chi connectivity index (χ2n) is 4.79. The number of amides is 2. The van der Waals surface area contributed by atoms with Crippen molar-refractivity contribution >= 4 is 22.9 Å². The van der Waals surface area contributed by atoms with Gasteiger partial charge in [0.25, 0.3) is 11.6 Å². The maximum Gasteiger partial charge on any atom is 0.258 e. The van der Waals surface area contributed by atoms with Gasteiger partial charge in [-0.3, -0.25) is 9.59 Å². The summed E-state index contributed by atoms with van der Waals surface area (Å²) in [6.07, 6.45) is 0.851. The highest BCUT2D eigenvalue weighted by Gasteiger charge is 2.18. The molecule has 0 aromatic carbocycles. The van der Waals surface area contributed by atoms with Crippen LogP contribution in [-0.2, 0) is 4.79 Å². The van der Waals surface area contributed by atoms with E-state index in [1.807, 2.05) is 6.92 Å². The van der Waals surface area contributed by atoms with Crippen molar-refractivity contribution in [3.63, 3.8) is 0 Å². The minimum atomic E-state index is -0.344. The van der Waals surface area contributed by atoms with E-state index in [-0.39, 0.29) is 18.4 Å². The van der Waals surface area contributed by atoms with E-state index in [0.717, 1.165) is 6.42 Å². The lowest BCUT2D eigenvalue weighted by Crippen LogP contribution is -2.37. The Kier molecular flexibility index (Phi) is 4.52. The molecule has 0 aliphatic heterocycles. The predicted molar refractivity (Wildman–Crippen MR) is 76.9 cm³/mol. The number of aromatic nitrogens is 2. The van der Waals surface area contributed by atoms with E-state index in [0.29, 0.717) is 34.6 Å². The van der Waals surface area contributed by atoms with Crippen LogP contribution in [0.25, 0.3) is 11.1 Å². The summed E-state index contributed by atoms with van der Waals surface area (Å²) in [6.45, 7) is 6.00. The van der Waals surface area contributed by atoms with Gasteiger partial charge in [-0.05, 0) is 26.3 Å². The molecular formula is C14H18N4O3. The average molecular weight is 290 g/mol. The lowest BCUT2D eigenvalue weighted by molar-refractivity contribution is -0.120. The molecule has 0 aliphatic carbocycles. The van der Waals surface area contributed by atoms with Crippen LogP contribution < -0.4 is 10.6 Å². The van der Waals surface area contributed by atoms with Gasteiger partial charge in [0.1, 0.15) is 0 Å². The number of fused-ring (bicyclic) bond motifs is 1. The van der Waals surface area contributed by atoms with Crippen LogP contribution in [0.15, 0.2) is 10.6 Å². The largest absolute Gasteiger partial charge is 0.355 e. The fourth-order valence-electron chi connectivity index (χ4n) is 1.98. The second kappa shape index (κ2) is 6.34. The van der Waals surface area contributed by atoms with E-state index in [1.54, 1.807) is 19.9 Å². The normalized spacial score (nSPS) is 10.6. The van der Waals surface area contributed by atoms with E-state index >= 15 is 0 Å². The summed E-state index contributed by atoms with van der Waals surface area (Å²) in [5.41, 5.74) is 1.99. The van der Waals surface area contributed by atoms with Gasteiger partial charge in [-0.2, -0.15) is 0 Å². The Morgan fingerprint density at radius 1 is 1.29 bits per heavy atom. The van der Waals surface area contributed by atoms with Crippen LogP contribution in [0.1, 0.15) is 35.1 Å². The SMILES string of the molecule is CCCNC(=O)CNC(=O)c1cc(C)nc2onc(C)c12. The molecule has 2 N–H and O–H groups in total. The van der Waals surface area contributed by atoms with Crippen LogP contribution in [-0.4, -0.2) is 35.0 Å². The van der Waals surface area contributed by atoms with E-state index in [4.69, 9.17) is 4.52 Å². The van der Waals surface area contributed by atoms with Gasteiger partial charge in [-0.1, -0.05) is 12.1 Å². The Morgan fingerprint density at radius 2 is 2.05 bits per heavy atom. The van der Waals surface area contributed by atoms with E-state index < -0.39 is 0 Å². The minimum absolute atomic E-state index is 0.0635. The number of nitrogens with one attached hydrogen (secondary N) is 2. The number of pyridine rings is 1. The maximum atomic E-state index is 12.3. The van der Waals surface area contributed by atoms with Crippen LogP contribution in [0.5, 0.6) is 0 Å². The molecule has 2 amide bonds. The number of hydrogen-bond donors (Lipinski definition) is 2. The zero-order chi connectivity index (χ0) is 15.4. The second-order valence-corrected chi connectivity index (χ2v) is 4.79. The third-order valence-electron chi connectivity index (χ3n) is 2.97. The molecule has 0 unspecified atom stereocenters.